The molecule has 1 aliphatic heterocycles. The van der Waals surface area contributed by atoms with Crippen LogP contribution < -0.4 is 10.6 Å². The Balaban J connectivity index is 0.00000312. The van der Waals surface area contributed by atoms with Crippen molar-refractivity contribution in [3.8, 4) is 0 Å². The van der Waals surface area contributed by atoms with Crippen molar-refractivity contribution in [2.45, 2.75) is 52.5 Å². The van der Waals surface area contributed by atoms with Crippen LogP contribution in [0.3, 0.4) is 0 Å². The molecular formula is C20H31ClN2O2. The highest BCUT2D eigenvalue weighted by molar-refractivity contribution is 5.98. The summed E-state index contributed by atoms with van der Waals surface area (Å²) < 4.78 is 0. The summed E-state index contributed by atoms with van der Waals surface area (Å²) in [5.74, 6) is 1.10. The smallest absolute Gasteiger partial charge is 0.220 e. The first-order chi connectivity index (χ1) is 11.5. The fourth-order valence-electron chi connectivity index (χ4n) is 3.13. The summed E-state index contributed by atoms with van der Waals surface area (Å²) in [6, 6.07) is 7.97. The Labute approximate surface area is 157 Å². The predicted molar refractivity (Wildman–Crippen MR) is 104 cm³/mol. The van der Waals surface area contributed by atoms with Gasteiger partial charge in [-0.05, 0) is 36.8 Å². The zero-order valence-electron chi connectivity index (χ0n) is 15.5. The monoisotopic (exact) mass is 366 g/mol. The third-order valence-corrected chi connectivity index (χ3v) is 4.67. The molecule has 0 aliphatic carbocycles. The lowest BCUT2D eigenvalue weighted by atomic mass is 9.94. The van der Waals surface area contributed by atoms with Crippen molar-refractivity contribution in [1.29, 1.82) is 0 Å². The van der Waals surface area contributed by atoms with Gasteiger partial charge >= 0.3 is 0 Å². The van der Waals surface area contributed by atoms with Gasteiger partial charge in [0.2, 0.25) is 5.91 Å². The van der Waals surface area contributed by atoms with Crippen LogP contribution in [-0.4, -0.2) is 30.8 Å². The third-order valence-electron chi connectivity index (χ3n) is 4.67. The molecule has 2 unspecified atom stereocenters. The van der Waals surface area contributed by atoms with Crippen LogP contribution in [0.1, 0.15) is 56.0 Å². The normalized spacial score (nSPS) is 20.0. The molecule has 1 heterocycles. The fourth-order valence-corrected chi connectivity index (χ4v) is 3.13. The van der Waals surface area contributed by atoms with E-state index in [1.165, 1.54) is 5.56 Å². The average molecular weight is 367 g/mol. The molecular weight excluding hydrogens is 336 g/mol. The number of ketones is 1. The van der Waals surface area contributed by atoms with E-state index in [9.17, 15) is 9.59 Å². The highest BCUT2D eigenvalue weighted by Gasteiger charge is 2.22. The maximum atomic E-state index is 12.2. The van der Waals surface area contributed by atoms with E-state index in [2.05, 4.69) is 31.4 Å². The van der Waals surface area contributed by atoms with Crippen LogP contribution in [0.5, 0.6) is 0 Å². The van der Waals surface area contributed by atoms with Crippen molar-refractivity contribution < 1.29 is 9.59 Å². The lowest BCUT2D eigenvalue weighted by molar-refractivity contribution is -0.122. The molecule has 2 atom stereocenters. The molecule has 2 rings (SSSR count). The molecule has 1 amide bonds. The number of halogens is 1. The first-order valence-electron chi connectivity index (χ1n) is 9.08. The Morgan fingerprint density at radius 2 is 1.88 bits per heavy atom. The van der Waals surface area contributed by atoms with Gasteiger partial charge in [0.25, 0.3) is 0 Å². The molecule has 1 fully saturated rings. The van der Waals surface area contributed by atoms with E-state index < -0.39 is 0 Å². The molecule has 1 saturated heterocycles. The van der Waals surface area contributed by atoms with E-state index in [0.29, 0.717) is 17.4 Å². The topological polar surface area (TPSA) is 58.2 Å². The molecule has 1 aromatic rings. The molecule has 0 spiro atoms. The average Bonchev–Trinajstić information content (AvgIpc) is 2.55. The van der Waals surface area contributed by atoms with Crippen molar-refractivity contribution in [3.05, 3.63) is 35.4 Å². The molecule has 0 radical (unpaired) electrons. The second-order valence-electron chi connectivity index (χ2n) is 7.36. The maximum absolute atomic E-state index is 12.2. The number of piperidine rings is 1. The molecule has 0 aromatic heterocycles. The SMILES string of the molecule is CC(C)Cc1ccc(C(=O)CCC(=O)NC2CNCCC2C)cc1.Cl. The van der Waals surface area contributed by atoms with E-state index in [0.717, 1.165) is 25.9 Å². The number of rotatable bonds is 7. The lowest BCUT2D eigenvalue weighted by Gasteiger charge is -2.30. The maximum Gasteiger partial charge on any atom is 0.220 e. The molecule has 5 heteroatoms. The van der Waals surface area contributed by atoms with Crippen LogP contribution in [0.15, 0.2) is 24.3 Å². The van der Waals surface area contributed by atoms with Gasteiger partial charge in [-0.2, -0.15) is 0 Å². The van der Waals surface area contributed by atoms with Crippen molar-refractivity contribution in [1.82, 2.24) is 10.6 Å². The van der Waals surface area contributed by atoms with Crippen molar-refractivity contribution in [2.24, 2.45) is 11.8 Å². The lowest BCUT2D eigenvalue weighted by Crippen LogP contribution is -2.50. The Hall–Kier alpha value is -1.39. The van der Waals surface area contributed by atoms with Gasteiger partial charge < -0.3 is 10.6 Å². The number of Topliss-reactive ketones (excluding diaryl/α,β-unsaturated/α-hetero) is 1. The van der Waals surface area contributed by atoms with E-state index >= 15 is 0 Å². The van der Waals surface area contributed by atoms with Crippen LogP contribution in [0.25, 0.3) is 0 Å². The van der Waals surface area contributed by atoms with Crippen molar-refractivity contribution in [2.75, 3.05) is 13.1 Å². The van der Waals surface area contributed by atoms with Crippen LogP contribution in [0.2, 0.25) is 0 Å². The summed E-state index contributed by atoms with van der Waals surface area (Å²) in [5.41, 5.74) is 1.95. The van der Waals surface area contributed by atoms with E-state index in [1.54, 1.807) is 0 Å². The van der Waals surface area contributed by atoms with E-state index in [-0.39, 0.29) is 43.0 Å². The summed E-state index contributed by atoms with van der Waals surface area (Å²) in [7, 11) is 0. The van der Waals surface area contributed by atoms with Crippen LogP contribution >= 0.6 is 12.4 Å². The molecule has 0 bridgehead atoms. The minimum atomic E-state index is -0.0275. The molecule has 1 aromatic carbocycles. The van der Waals surface area contributed by atoms with E-state index in [4.69, 9.17) is 0 Å². The van der Waals surface area contributed by atoms with Gasteiger partial charge in [-0.3, -0.25) is 9.59 Å². The molecule has 0 saturated carbocycles. The quantitative estimate of drug-likeness (QED) is 0.727. The number of carbonyl (C=O) groups excluding carboxylic acids is 2. The summed E-state index contributed by atoms with van der Waals surface area (Å²) in [6.45, 7) is 8.35. The van der Waals surface area contributed by atoms with Gasteiger partial charge in [0, 0.05) is 31.0 Å². The molecule has 25 heavy (non-hydrogen) atoms. The van der Waals surface area contributed by atoms with Crippen molar-refractivity contribution >= 4 is 24.1 Å². The molecule has 4 nitrogen and oxygen atoms in total. The number of carbonyl (C=O) groups is 2. The zero-order chi connectivity index (χ0) is 17.5. The highest BCUT2D eigenvalue weighted by Crippen LogP contribution is 2.13. The van der Waals surface area contributed by atoms with E-state index in [1.807, 2.05) is 24.3 Å². The number of hydrogen-bond acceptors (Lipinski definition) is 3. The summed E-state index contributed by atoms with van der Waals surface area (Å²) in [4.78, 5) is 24.3. The van der Waals surface area contributed by atoms with Crippen LogP contribution in [0.4, 0.5) is 0 Å². The van der Waals surface area contributed by atoms with Crippen LogP contribution in [-0.2, 0) is 11.2 Å². The summed E-state index contributed by atoms with van der Waals surface area (Å²) in [6.07, 6.45) is 2.62. The second kappa shape index (κ2) is 10.6. The van der Waals surface area contributed by atoms with Gasteiger partial charge in [-0.15, -0.1) is 12.4 Å². The summed E-state index contributed by atoms with van der Waals surface area (Å²) >= 11 is 0. The largest absolute Gasteiger partial charge is 0.352 e. The summed E-state index contributed by atoms with van der Waals surface area (Å²) in [5, 5.41) is 6.35. The van der Waals surface area contributed by atoms with Crippen LogP contribution in [0, 0.1) is 11.8 Å². The first-order valence-corrected chi connectivity index (χ1v) is 9.08. The van der Waals surface area contributed by atoms with Crippen molar-refractivity contribution in [3.63, 3.8) is 0 Å². The number of benzene rings is 1. The number of hydrogen-bond donors (Lipinski definition) is 2. The number of amides is 1. The van der Waals surface area contributed by atoms with Gasteiger partial charge in [0.05, 0.1) is 0 Å². The Morgan fingerprint density at radius 1 is 1.20 bits per heavy atom. The van der Waals surface area contributed by atoms with Gasteiger partial charge in [-0.25, -0.2) is 0 Å². The minimum absolute atomic E-state index is 0. The molecule has 2 N–H and O–H groups in total. The Morgan fingerprint density at radius 3 is 2.48 bits per heavy atom. The molecule has 140 valence electrons. The highest BCUT2D eigenvalue weighted by atomic mass is 35.5. The number of nitrogens with one attached hydrogen (secondary N) is 2. The second-order valence-corrected chi connectivity index (χ2v) is 7.36. The zero-order valence-corrected chi connectivity index (χ0v) is 16.3. The van der Waals surface area contributed by atoms with Gasteiger partial charge in [0.15, 0.2) is 5.78 Å². The molecule has 1 aliphatic rings. The fraction of sp³-hybridized carbons (Fsp3) is 0.600. The first kappa shape index (κ1) is 21.7. The Bertz CT molecular complexity index is 557. The van der Waals surface area contributed by atoms with Gasteiger partial charge in [0.1, 0.15) is 0 Å². The Kier molecular flexibility index (Phi) is 9.15. The predicted octanol–water partition coefficient (Wildman–Crippen LogP) is 3.38. The van der Waals surface area contributed by atoms with Gasteiger partial charge in [-0.1, -0.05) is 45.0 Å². The standard InChI is InChI=1S/C20H30N2O2.ClH/c1-14(2)12-16-4-6-17(7-5-16)19(23)8-9-20(24)22-18-13-21-11-10-15(18)3;/h4-7,14-15,18,21H,8-13H2,1-3H3,(H,22,24);1H. The third kappa shape index (κ3) is 7.17. The minimum Gasteiger partial charge on any atom is -0.352 e.